The molecule has 14 nitrogen and oxygen atoms in total. The summed E-state index contributed by atoms with van der Waals surface area (Å²) in [6, 6.07) is 0. The Hall–Kier alpha value is -3.26. The van der Waals surface area contributed by atoms with Crippen LogP contribution >= 0.6 is 0 Å². The molecule has 0 aromatic heterocycles. The third-order valence-corrected chi connectivity index (χ3v) is 34.8. The van der Waals surface area contributed by atoms with Gasteiger partial charge in [-0.1, -0.05) is 133 Å². The van der Waals surface area contributed by atoms with Crippen molar-refractivity contribution in [1.82, 2.24) is 0 Å². The topological polar surface area (TPSA) is 198 Å². The van der Waals surface area contributed by atoms with E-state index in [1.54, 1.807) is 7.11 Å². The number of esters is 6. The van der Waals surface area contributed by atoms with Gasteiger partial charge in [0.15, 0.2) is 0 Å². The largest absolute Gasteiger partial charge is 0.469 e. The SMILES string of the molecule is CCC1CC(CC)C2C3CC(CC3C(=O)OC)C12.CCC1CC(CC)C2C3CC(CC3C(C)(O)CC(=O)OC)C12.CCC1CC(CC)C2C3CC(CC3C(CC(=O)OC)OC(C)=O)C12.CCC1CC(CC)C2C3CC(CC3C(O)CC(=O)OC)C12.CCC1CC(CC)C2C3CC(CC3CC(=O)OC)C12. The zero-order valence-electron chi connectivity index (χ0n) is 68.2. The number of rotatable bonds is 23. The van der Waals surface area contributed by atoms with Crippen LogP contribution in [-0.2, 0) is 57.2 Å². The first-order chi connectivity index (χ1) is 49.9. The summed E-state index contributed by atoms with van der Waals surface area (Å²) in [7, 11) is 7.29. The number of fused-ring (bicyclic) bond motifs is 25. The van der Waals surface area contributed by atoms with Crippen molar-refractivity contribution in [1.29, 1.82) is 0 Å². The van der Waals surface area contributed by atoms with E-state index in [0.717, 1.165) is 180 Å². The van der Waals surface area contributed by atoms with Crippen molar-refractivity contribution in [3.05, 3.63) is 0 Å². The molecule has 0 aromatic carbocycles. The predicted molar refractivity (Wildman–Crippen MR) is 405 cm³/mol. The molecule has 15 fully saturated rings. The maximum absolute atomic E-state index is 11.9. The molecule has 10 bridgehead atoms. The lowest BCUT2D eigenvalue weighted by Crippen LogP contribution is -2.44. The second kappa shape index (κ2) is 35.0. The Morgan fingerprint density at radius 3 is 1.12 bits per heavy atom. The summed E-state index contributed by atoms with van der Waals surface area (Å²) in [6.45, 7) is 26.7. The summed E-state index contributed by atoms with van der Waals surface area (Å²) in [5, 5.41) is 21.4. The van der Waals surface area contributed by atoms with E-state index in [9.17, 15) is 39.0 Å². The zero-order valence-corrected chi connectivity index (χ0v) is 68.2. The Bertz CT molecular complexity index is 2870. The molecule has 14 heteroatoms. The number of hydrogen-bond donors (Lipinski definition) is 2. The number of ether oxygens (including phenoxy) is 6. The van der Waals surface area contributed by atoms with Crippen molar-refractivity contribution in [2.45, 2.75) is 287 Å². The summed E-state index contributed by atoms with van der Waals surface area (Å²) in [5.41, 5.74) is -0.903. The molecule has 0 amide bonds. The molecule has 0 heterocycles. The van der Waals surface area contributed by atoms with Crippen LogP contribution in [0, 0.1) is 207 Å². The fourth-order valence-electron chi connectivity index (χ4n) is 31.4. The molecule has 15 saturated carbocycles. The number of aliphatic hydroxyl groups is 2. The van der Waals surface area contributed by atoms with Crippen LogP contribution in [0.2, 0.25) is 0 Å². The molecule has 15 rings (SSSR count). The highest BCUT2D eigenvalue weighted by atomic mass is 16.6. The smallest absolute Gasteiger partial charge is 0.309 e. The second-order valence-electron chi connectivity index (χ2n) is 38.1. The van der Waals surface area contributed by atoms with Gasteiger partial charge < -0.3 is 38.6 Å². The van der Waals surface area contributed by atoms with E-state index < -0.39 is 11.7 Å². The van der Waals surface area contributed by atoms with Gasteiger partial charge in [0.1, 0.15) is 6.10 Å². The number of hydrogen-bond acceptors (Lipinski definition) is 14. The molecular weight excluding hydrogens is 1300 g/mol. The van der Waals surface area contributed by atoms with E-state index in [4.69, 9.17) is 28.4 Å². The van der Waals surface area contributed by atoms with E-state index in [1.807, 2.05) is 6.92 Å². The Kier molecular flexibility index (Phi) is 27.5. The van der Waals surface area contributed by atoms with Crippen LogP contribution < -0.4 is 0 Å². The fraction of sp³-hybridized carbons (Fsp3) is 0.933. The number of methoxy groups -OCH3 is 5. The first-order valence-corrected chi connectivity index (χ1v) is 43.8. The van der Waals surface area contributed by atoms with Crippen molar-refractivity contribution in [3.8, 4) is 0 Å². The first-order valence-electron chi connectivity index (χ1n) is 43.8. The Labute approximate surface area is 629 Å². The minimum atomic E-state index is -0.903. The van der Waals surface area contributed by atoms with E-state index in [-0.39, 0.29) is 73.0 Å². The second-order valence-corrected chi connectivity index (χ2v) is 38.1. The average Bonchev–Trinajstić information content (AvgIpc) is 1.58. The van der Waals surface area contributed by atoms with Gasteiger partial charge in [-0.05, 0) is 304 Å². The Morgan fingerprint density at radius 2 is 0.692 bits per heavy atom. The molecule has 0 spiro atoms. The summed E-state index contributed by atoms with van der Waals surface area (Å²) in [6.07, 6.45) is 32.8. The van der Waals surface area contributed by atoms with E-state index >= 15 is 0 Å². The lowest BCUT2D eigenvalue weighted by atomic mass is 9.65. The molecule has 0 radical (unpaired) electrons. The third-order valence-electron chi connectivity index (χ3n) is 34.8. The summed E-state index contributed by atoms with van der Waals surface area (Å²) >= 11 is 0. The van der Waals surface area contributed by atoms with Gasteiger partial charge in [-0.2, -0.15) is 0 Å². The summed E-state index contributed by atoms with van der Waals surface area (Å²) < 4.78 is 29.8. The van der Waals surface area contributed by atoms with Crippen LogP contribution in [0.3, 0.4) is 0 Å². The van der Waals surface area contributed by atoms with Crippen LogP contribution in [0.25, 0.3) is 0 Å². The van der Waals surface area contributed by atoms with Crippen LogP contribution in [0.5, 0.6) is 0 Å². The van der Waals surface area contributed by atoms with Crippen LogP contribution in [0.4, 0.5) is 0 Å². The average molecular weight is 1450 g/mol. The highest BCUT2D eigenvalue weighted by molar-refractivity contribution is 5.74. The van der Waals surface area contributed by atoms with Crippen LogP contribution in [0.15, 0.2) is 0 Å². The molecule has 2 N–H and O–H groups in total. The molecule has 104 heavy (non-hydrogen) atoms. The molecule has 0 aliphatic heterocycles. The minimum absolute atomic E-state index is 0.00665. The van der Waals surface area contributed by atoms with Crippen molar-refractivity contribution in [2.75, 3.05) is 35.5 Å². The van der Waals surface area contributed by atoms with Crippen LogP contribution in [0.1, 0.15) is 269 Å². The van der Waals surface area contributed by atoms with Gasteiger partial charge in [0.25, 0.3) is 0 Å². The van der Waals surface area contributed by atoms with Gasteiger partial charge >= 0.3 is 35.8 Å². The zero-order chi connectivity index (χ0) is 75.1. The molecule has 0 aromatic rings. The maximum Gasteiger partial charge on any atom is 0.309 e. The highest BCUT2D eigenvalue weighted by Crippen LogP contribution is 2.72. The minimum Gasteiger partial charge on any atom is -0.469 e. The third kappa shape index (κ3) is 15.6. The van der Waals surface area contributed by atoms with Gasteiger partial charge in [-0.3, -0.25) is 28.8 Å². The number of carbonyl (C=O) groups is 6. The van der Waals surface area contributed by atoms with Crippen molar-refractivity contribution in [2.24, 2.45) is 207 Å². The van der Waals surface area contributed by atoms with Gasteiger partial charge in [-0.25, -0.2) is 0 Å². The molecular formula is C90H148O14. The Morgan fingerprint density at radius 1 is 0.356 bits per heavy atom. The quantitative estimate of drug-likeness (QED) is 0.0723. The highest BCUT2D eigenvalue weighted by Gasteiger charge is 2.66. The lowest BCUT2D eigenvalue weighted by Gasteiger charge is -2.42. The fourth-order valence-corrected chi connectivity index (χ4v) is 31.4. The van der Waals surface area contributed by atoms with Crippen LogP contribution in [-0.4, -0.2) is 99.4 Å². The molecule has 592 valence electrons. The Balaban J connectivity index is 0.000000131. The summed E-state index contributed by atoms with van der Waals surface area (Å²) in [4.78, 5) is 70.0. The molecule has 0 saturated heterocycles. The van der Waals surface area contributed by atoms with Gasteiger partial charge in [0.05, 0.1) is 72.4 Å². The summed E-state index contributed by atoms with van der Waals surface area (Å²) in [5.74, 6) is 25.9. The van der Waals surface area contributed by atoms with Gasteiger partial charge in [0, 0.05) is 13.3 Å². The van der Waals surface area contributed by atoms with Crippen molar-refractivity contribution < 1.29 is 67.4 Å². The molecule has 15 aliphatic carbocycles. The number of carbonyl (C=O) groups excluding carboxylic acids is 6. The van der Waals surface area contributed by atoms with Crippen molar-refractivity contribution in [3.63, 3.8) is 0 Å². The van der Waals surface area contributed by atoms with Gasteiger partial charge in [0.2, 0.25) is 0 Å². The maximum atomic E-state index is 11.9. The van der Waals surface area contributed by atoms with Crippen molar-refractivity contribution >= 4 is 35.8 Å². The molecule has 38 atom stereocenters. The van der Waals surface area contributed by atoms with E-state index in [2.05, 4.69) is 69.2 Å². The first kappa shape index (κ1) is 81.7. The normalized spacial score (nSPS) is 45.5. The number of aliphatic hydroxyl groups excluding tert-OH is 1. The van der Waals surface area contributed by atoms with E-state index in [1.165, 1.54) is 170 Å². The molecule has 38 unspecified atom stereocenters. The predicted octanol–water partition coefficient (Wildman–Crippen LogP) is 18.1. The van der Waals surface area contributed by atoms with Gasteiger partial charge in [-0.15, -0.1) is 0 Å². The molecule has 15 aliphatic rings. The standard InChI is InChI=1S/C20H32O4.C19H32O3.C18H30O3.C17H28O2.C16H26O2/c1-5-12-7-13(6-2)20-16-9-14(19(12)20)8-15(16)17(24-11(3)21)10-18(22)23-4;1-5-11-7-12(6-2)18-14-8-13(17(11)18)9-15(14)19(3,21)10-16(20)22-4;1-4-10-6-11(5-2)18-14-8-12(17(10)18)7-13(14)15(19)9-16(20)21-3;1-4-10-6-11(5-2)17-14-8-13(16(10)17)7-12(14)9-15(18)19-3;1-4-9-6-10(5-2)15-12-7-11(14(9)15)8-13(12)16(17)18-3/h12-17,19-20H,5-10H2,1-4H3;11-15,17-18,21H,5-10H2,1-4H3;10-15,17-19H,4-9H2,1-3H3;10-14,16-17H,4-9H2,1-3H3;9-15H,4-8H2,1-3H3. The lowest BCUT2D eigenvalue weighted by molar-refractivity contribution is -0.157. The monoisotopic (exact) mass is 1450 g/mol. The van der Waals surface area contributed by atoms with E-state index in [0.29, 0.717) is 47.8 Å².